The normalized spacial score (nSPS) is 11.3. The summed E-state index contributed by atoms with van der Waals surface area (Å²) in [5, 5.41) is 2.24. The van der Waals surface area contributed by atoms with Crippen LogP contribution in [0.25, 0.3) is 67.2 Å². The number of aromatic nitrogens is 3. The largest absolute Gasteiger partial charge is 0.455 e. The number of fused-ring (bicyclic) bond motifs is 3. The Morgan fingerprint density at radius 1 is 0.474 bits per heavy atom. The Bertz CT molecular complexity index is 1930. The average molecular weight is 554 g/mol. The van der Waals surface area contributed by atoms with Gasteiger partial charge in [0.15, 0.2) is 17.5 Å². The second kappa shape index (κ2) is 9.36. The molecular formula is C33H20BrN3O. The van der Waals surface area contributed by atoms with Crippen LogP contribution in [0.5, 0.6) is 0 Å². The van der Waals surface area contributed by atoms with E-state index in [1.54, 1.807) is 0 Å². The van der Waals surface area contributed by atoms with Gasteiger partial charge in [0.05, 0.1) is 0 Å². The molecule has 5 aromatic carbocycles. The van der Waals surface area contributed by atoms with Crippen molar-refractivity contribution in [2.45, 2.75) is 0 Å². The van der Waals surface area contributed by atoms with E-state index in [2.05, 4.69) is 64.5 Å². The number of furan rings is 1. The number of rotatable bonds is 4. The highest BCUT2D eigenvalue weighted by molar-refractivity contribution is 9.10. The fourth-order valence-electron chi connectivity index (χ4n) is 4.75. The lowest BCUT2D eigenvalue weighted by molar-refractivity contribution is 0.670. The van der Waals surface area contributed by atoms with Gasteiger partial charge in [-0.2, -0.15) is 0 Å². The molecule has 2 heterocycles. The third-order valence-corrected chi connectivity index (χ3v) is 7.10. The third-order valence-electron chi connectivity index (χ3n) is 6.61. The van der Waals surface area contributed by atoms with Crippen molar-refractivity contribution in [2.75, 3.05) is 0 Å². The molecule has 180 valence electrons. The molecule has 7 rings (SSSR count). The molecule has 0 aliphatic rings. The van der Waals surface area contributed by atoms with Crippen molar-refractivity contribution in [3.8, 4) is 45.3 Å². The maximum atomic E-state index is 6.26. The summed E-state index contributed by atoms with van der Waals surface area (Å²) >= 11 is 3.57. The van der Waals surface area contributed by atoms with Crippen LogP contribution in [0.3, 0.4) is 0 Å². The quantitative estimate of drug-likeness (QED) is 0.218. The Kier molecular flexibility index (Phi) is 5.56. The smallest absolute Gasteiger partial charge is 0.164 e. The highest BCUT2D eigenvalue weighted by Crippen LogP contribution is 2.36. The van der Waals surface area contributed by atoms with Crippen molar-refractivity contribution >= 4 is 37.9 Å². The van der Waals surface area contributed by atoms with Gasteiger partial charge in [0.25, 0.3) is 0 Å². The second-order valence-electron chi connectivity index (χ2n) is 9.04. The van der Waals surface area contributed by atoms with Crippen LogP contribution < -0.4 is 0 Å². The van der Waals surface area contributed by atoms with Gasteiger partial charge >= 0.3 is 0 Å². The van der Waals surface area contributed by atoms with Crippen LogP contribution in [0.15, 0.2) is 130 Å². The van der Waals surface area contributed by atoms with E-state index in [1.165, 1.54) is 0 Å². The third kappa shape index (κ3) is 4.07. The Morgan fingerprint density at radius 3 is 1.82 bits per heavy atom. The first-order chi connectivity index (χ1) is 18.7. The molecule has 0 saturated heterocycles. The molecule has 38 heavy (non-hydrogen) atoms. The second-order valence-corrected chi connectivity index (χ2v) is 9.96. The van der Waals surface area contributed by atoms with E-state index < -0.39 is 0 Å². The van der Waals surface area contributed by atoms with Crippen molar-refractivity contribution in [1.29, 1.82) is 0 Å². The molecule has 5 heteroatoms. The monoisotopic (exact) mass is 553 g/mol. The van der Waals surface area contributed by atoms with E-state index in [1.807, 2.05) is 72.8 Å². The molecule has 7 aromatic rings. The van der Waals surface area contributed by atoms with Gasteiger partial charge in [-0.05, 0) is 23.8 Å². The molecule has 0 saturated carbocycles. The first kappa shape index (κ1) is 22.6. The first-order valence-corrected chi connectivity index (χ1v) is 13.1. The SMILES string of the molecule is Brc1cccc(-c2nc(-c3ccccc3)nc(-c3ccc(-c4cccc5c4oc4ccccc45)cc3)n2)c1. The zero-order chi connectivity index (χ0) is 25.5. The molecule has 0 radical (unpaired) electrons. The van der Waals surface area contributed by atoms with Crippen molar-refractivity contribution in [1.82, 2.24) is 15.0 Å². The fraction of sp³-hybridized carbons (Fsp3) is 0. The lowest BCUT2D eigenvalue weighted by atomic mass is 10.0. The Morgan fingerprint density at radius 2 is 1.05 bits per heavy atom. The molecule has 0 aliphatic heterocycles. The molecule has 0 aliphatic carbocycles. The van der Waals surface area contributed by atoms with Crippen molar-refractivity contribution in [2.24, 2.45) is 0 Å². The van der Waals surface area contributed by atoms with E-state index in [-0.39, 0.29) is 0 Å². The van der Waals surface area contributed by atoms with Gasteiger partial charge < -0.3 is 4.42 Å². The predicted octanol–water partition coefficient (Wildman–Crippen LogP) is 9.20. The minimum absolute atomic E-state index is 0.627. The molecule has 4 nitrogen and oxygen atoms in total. The molecule has 0 fully saturated rings. The van der Waals surface area contributed by atoms with Crippen LogP contribution in [0.1, 0.15) is 0 Å². The van der Waals surface area contributed by atoms with Crippen LogP contribution >= 0.6 is 15.9 Å². The zero-order valence-corrected chi connectivity index (χ0v) is 21.8. The molecule has 0 amide bonds. The summed E-state index contributed by atoms with van der Waals surface area (Å²) in [6, 6.07) is 40.8. The first-order valence-electron chi connectivity index (χ1n) is 12.3. The number of hydrogen-bond acceptors (Lipinski definition) is 4. The van der Waals surface area contributed by atoms with Gasteiger partial charge in [0, 0.05) is 37.5 Å². The van der Waals surface area contributed by atoms with E-state index in [4.69, 9.17) is 19.4 Å². The van der Waals surface area contributed by atoms with Gasteiger partial charge in [-0.25, -0.2) is 15.0 Å². The van der Waals surface area contributed by atoms with E-state index in [9.17, 15) is 0 Å². The van der Waals surface area contributed by atoms with Gasteiger partial charge in [0.2, 0.25) is 0 Å². The molecule has 0 spiro atoms. The molecular weight excluding hydrogens is 534 g/mol. The van der Waals surface area contributed by atoms with Gasteiger partial charge in [-0.15, -0.1) is 0 Å². The van der Waals surface area contributed by atoms with Gasteiger partial charge in [0.1, 0.15) is 11.2 Å². The average Bonchev–Trinajstić information content (AvgIpc) is 3.36. The molecule has 0 bridgehead atoms. The van der Waals surface area contributed by atoms with Gasteiger partial charge in [-0.3, -0.25) is 0 Å². The number of benzene rings is 5. The Hall–Kier alpha value is -4.61. The van der Waals surface area contributed by atoms with Crippen LogP contribution in [-0.4, -0.2) is 15.0 Å². The summed E-state index contributed by atoms with van der Waals surface area (Å²) in [5.74, 6) is 1.90. The summed E-state index contributed by atoms with van der Waals surface area (Å²) in [5.41, 5.74) is 6.70. The van der Waals surface area contributed by atoms with Crippen molar-refractivity contribution in [3.63, 3.8) is 0 Å². The number of halogens is 1. The Balaban J connectivity index is 1.34. The summed E-state index contributed by atoms with van der Waals surface area (Å²) < 4.78 is 7.23. The summed E-state index contributed by atoms with van der Waals surface area (Å²) in [6.07, 6.45) is 0. The maximum absolute atomic E-state index is 6.26. The predicted molar refractivity (Wildman–Crippen MR) is 157 cm³/mol. The topological polar surface area (TPSA) is 51.8 Å². The summed E-state index contributed by atoms with van der Waals surface area (Å²) in [4.78, 5) is 14.5. The van der Waals surface area contributed by atoms with Crippen LogP contribution in [-0.2, 0) is 0 Å². The van der Waals surface area contributed by atoms with Crippen molar-refractivity contribution < 1.29 is 4.42 Å². The van der Waals surface area contributed by atoms with E-state index >= 15 is 0 Å². The summed E-state index contributed by atoms with van der Waals surface area (Å²) in [7, 11) is 0. The molecule has 0 atom stereocenters. The lowest BCUT2D eigenvalue weighted by Gasteiger charge is -2.09. The van der Waals surface area contributed by atoms with Crippen LogP contribution in [0, 0.1) is 0 Å². The minimum Gasteiger partial charge on any atom is -0.455 e. The summed E-state index contributed by atoms with van der Waals surface area (Å²) in [6.45, 7) is 0. The highest BCUT2D eigenvalue weighted by Gasteiger charge is 2.14. The van der Waals surface area contributed by atoms with E-state index in [0.717, 1.165) is 54.2 Å². The minimum atomic E-state index is 0.627. The Labute approximate surface area is 227 Å². The number of hydrogen-bond donors (Lipinski definition) is 0. The van der Waals surface area contributed by atoms with Crippen LogP contribution in [0.2, 0.25) is 0 Å². The van der Waals surface area contributed by atoms with Gasteiger partial charge in [-0.1, -0.05) is 119 Å². The van der Waals surface area contributed by atoms with Crippen molar-refractivity contribution in [3.05, 3.63) is 126 Å². The number of nitrogens with zero attached hydrogens (tertiary/aromatic N) is 3. The number of para-hydroxylation sites is 2. The molecule has 0 N–H and O–H groups in total. The maximum Gasteiger partial charge on any atom is 0.164 e. The zero-order valence-electron chi connectivity index (χ0n) is 20.2. The van der Waals surface area contributed by atoms with E-state index in [0.29, 0.717) is 17.5 Å². The molecule has 2 aromatic heterocycles. The fourth-order valence-corrected chi connectivity index (χ4v) is 5.15. The van der Waals surface area contributed by atoms with Crippen LogP contribution in [0.4, 0.5) is 0 Å². The molecule has 0 unspecified atom stereocenters. The lowest BCUT2D eigenvalue weighted by Crippen LogP contribution is -2.00. The standard InChI is InChI=1S/C33H20BrN3O/c34-25-11-6-10-24(20-25)33-36-31(22-8-2-1-3-9-22)35-32(37-33)23-18-16-21(17-19-23)26-13-7-14-28-27-12-4-5-15-29(27)38-30(26)28/h1-20H. The highest BCUT2D eigenvalue weighted by atomic mass is 79.9.